The van der Waals surface area contributed by atoms with Crippen LogP contribution in [0.3, 0.4) is 0 Å². The second-order valence-electron chi connectivity index (χ2n) is 6.49. The molecule has 0 unspecified atom stereocenters. The molecular weight excluding hydrogens is 302 g/mol. The van der Waals surface area contributed by atoms with Gasteiger partial charge in [0.2, 0.25) is 0 Å². The summed E-state index contributed by atoms with van der Waals surface area (Å²) in [5.74, 6) is 0.551. The van der Waals surface area contributed by atoms with E-state index in [-0.39, 0.29) is 5.91 Å². The third-order valence-electron chi connectivity index (χ3n) is 5.10. The van der Waals surface area contributed by atoms with Crippen LogP contribution in [-0.4, -0.2) is 43.6 Å². The first-order valence-electron chi connectivity index (χ1n) is 8.35. The van der Waals surface area contributed by atoms with E-state index < -0.39 is 0 Å². The standard InChI is InChI=1S/C18H21N5O/c1-12-14(11-20-22(12)2)18(24)23-8-5-13(6-9-23)16-10-17-15(21-16)4-3-7-19-17/h3-4,7,10-11,13,21H,5-6,8-9H2,1-2H3. The van der Waals surface area contributed by atoms with Gasteiger partial charge < -0.3 is 9.88 Å². The zero-order valence-corrected chi connectivity index (χ0v) is 14.0. The molecule has 6 heteroatoms. The highest BCUT2D eigenvalue weighted by molar-refractivity contribution is 5.95. The Morgan fingerprint density at radius 1 is 1.33 bits per heavy atom. The zero-order valence-electron chi connectivity index (χ0n) is 14.0. The van der Waals surface area contributed by atoms with Gasteiger partial charge in [-0.15, -0.1) is 0 Å². The number of rotatable bonds is 2. The van der Waals surface area contributed by atoms with Crippen molar-refractivity contribution in [1.82, 2.24) is 24.6 Å². The third-order valence-corrected chi connectivity index (χ3v) is 5.10. The van der Waals surface area contributed by atoms with E-state index in [0.29, 0.717) is 11.5 Å². The first-order valence-corrected chi connectivity index (χ1v) is 8.35. The van der Waals surface area contributed by atoms with Gasteiger partial charge in [-0.3, -0.25) is 14.5 Å². The summed E-state index contributed by atoms with van der Waals surface area (Å²) in [5.41, 5.74) is 4.96. The molecule has 3 aromatic rings. The SMILES string of the molecule is Cc1c(C(=O)N2CCC(c3cc4ncccc4[nH]3)CC2)cnn1C. The predicted octanol–water partition coefficient (Wildman–Crippen LogP) is 2.62. The minimum absolute atomic E-state index is 0.0948. The van der Waals surface area contributed by atoms with Crippen LogP contribution < -0.4 is 0 Å². The van der Waals surface area contributed by atoms with Crippen LogP contribution >= 0.6 is 0 Å². The summed E-state index contributed by atoms with van der Waals surface area (Å²) in [6.45, 7) is 3.49. The fraction of sp³-hybridized carbons (Fsp3) is 0.389. The molecule has 0 atom stereocenters. The number of aryl methyl sites for hydroxylation is 1. The molecule has 0 radical (unpaired) electrons. The summed E-state index contributed by atoms with van der Waals surface area (Å²) < 4.78 is 1.75. The highest BCUT2D eigenvalue weighted by Crippen LogP contribution is 2.30. The molecule has 1 aliphatic rings. The lowest BCUT2D eigenvalue weighted by Crippen LogP contribution is -2.38. The monoisotopic (exact) mass is 323 g/mol. The van der Waals surface area contributed by atoms with Gasteiger partial charge in [-0.25, -0.2) is 0 Å². The lowest BCUT2D eigenvalue weighted by Gasteiger charge is -2.31. The number of amides is 1. The largest absolute Gasteiger partial charge is 0.357 e. The maximum absolute atomic E-state index is 12.7. The Labute approximate surface area is 140 Å². The van der Waals surface area contributed by atoms with Gasteiger partial charge in [-0.05, 0) is 38.0 Å². The smallest absolute Gasteiger partial charge is 0.257 e. The van der Waals surface area contributed by atoms with Crippen LogP contribution in [0, 0.1) is 6.92 Å². The molecule has 1 saturated heterocycles. The Kier molecular flexibility index (Phi) is 3.59. The minimum Gasteiger partial charge on any atom is -0.357 e. The molecule has 0 saturated carbocycles. The van der Waals surface area contributed by atoms with E-state index in [1.54, 1.807) is 10.9 Å². The molecular formula is C18H21N5O. The number of likely N-dealkylation sites (tertiary alicyclic amines) is 1. The molecule has 6 nitrogen and oxygen atoms in total. The summed E-state index contributed by atoms with van der Waals surface area (Å²) in [6.07, 6.45) is 5.43. The van der Waals surface area contributed by atoms with E-state index in [9.17, 15) is 4.79 Å². The lowest BCUT2D eigenvalue weighted by molar-refractivity contribution is 0.0711. The molecule has 0 spiro atoms. The predicted molar refractivity (Wildman–Crippen MR) is 91.9 cm³/mol. The van der Waals surface area contributed by atoms with Crippen molar-refractivity contribution in [3.8, 4) is 0 Å². The molecule has 0 aliphatic carbocycles. The van der Waals surface area contributed by atoms with Gasteiger partial charge in [0, 0.05) is 43.6 Å². The van der Waals surface area contributed by atoms with E-state index >= 15 is 0 Å². The Bertz CT molecular complexity index is 853. The van der Waals surface area contributed by atoms with Crippen molar-refractivity contribution < 1.29 is 4.79 Å². The number of pyridine rings is 1. The van der Waals surface area contributed by atoms with Crippen LogP contribution in [0.5, 0.6) is 0 Å². The van der Waals surface area contributed by atoms with Crippen LogP contribution in [0.15, 0.2) is 30.6 Å². The van der Waals surface area contributed by atoms with Gasteiger partial charge in [-0.2, -0.15) is 5.10 Å². The van der Waals surface area contributed by atoms with Gasteiger partial charge in [0.15, 0.2) is 0 Å². The molecule has 4 heterocycles. The first-order chi connectivity index (χ1) is 11.6. The summed E-state index contributed by atoms with van der Waals surface area (Å²) >= 11 is 0. The maximum atomic E-state index is 12.7. The van der Waals surface area contributed by atoms with Gasteiger partial charge in [0.1, 0.15) is 0 Å². The number of hydrogen-bond donors (Lipinski definition) is 1. The number of piperidine rings is 1. The van der Waals surface area contributed by atoms with Crippen LogP contribution in [0.4, 0.5) is 0 Å². The summed E-state index contributed by atoms with van der Waals surface area (Å²) in [4.78, 5) is 22.5. The van der Waals surface area contributed by atoms with Gasteiger partial charge in [-0.1, -0.05) is 0 Å². The fourth-order valence-electron chi connectivity index (χ4n) is 3.47. The highest BCUT2D eigenvalue weighted by Gasteiger charge is 2.27. The number of H-pyrrole nitrogens is 1. The third kappa shape index (κ3) is 2.48. The fourth-order valence-corrected chi connectivity index (χ4v) is 3.47. The normalized spacial score (nSPS) is 16.0. The second-order valence-corrected chi connectivity index (χ2v) is 6.49. The molecule has 1 amide bonds. The Balaban J connectivity index is 1.46. The molecule has 124 valence electrons. The van der Waals surface area contributed by atoms with Gasteiger partial charge >= 0.3 is 0 Å². The van der Waals surface area contributed by atoms with Crippen molar-refractivity contribution in [3.63, 3.8) is 0 Å². The molecule has 24 heavy (non-hydrogen) atoms. The topological polar surface area (TPSA) is 66.8 Å². The van der Waals surface area contributed by atoms with Crippen LogP contribution in [0.2, 0.25) is 0 Å². The number of nitrogens with one attached hydrogen (secondary N) is 1. The van der Waals surface area contributed by atoms with Crippen LogP contribution in [-0.2, 0) is 7.05 Å². The molecule has 3 aromatic heterocycles. The van der Waals surface area contributed by atoms with Crippen molar-refractivity contribution in [2.75, 3.05) is 13.1 Å². The number of aromatic amines is 1. The van der Waals surface area contributed by atoms with E-state index in [4.69, 9.17) is 0 Å². The van der Waals surface area contributed by atoms with Crippen molar-refractivity contribution >= 4 is 16.9 Å². The molecule has 1 N–H and O–H groups in total. The van der Waals surface area contributed by atoms with Crippen molar-refractivity contribution in [1.29, 1.82) is 0 Å². The number of carbonyl (C=O) groups is 1. The van der Waals surface area contributed by atoms with E-state index in [0.717, 1.165) is 42.7 Å². The van der Waals surface area contributed by atoms with Gasteiger partial charge in [0.05, 0.1) is 22.8 Å². The number of aromatic nitrogens is 4. The molecule has 0 aromatic carbocycles. The zero-order chi connectivity index (χ0) is 16.7. The second kappa shape index (κ2) is 5.78. The average molecular weight is 323 g/mol. The van der Waals surface area contributed by atoms with Gasteiger partial charge in [0.25, 0.3) is 5.91 Å². The van der Waals surface area contributed by atoms with E-state index in [2.05, 4.69) is 27.2 Å². The number of hydrogen-bond acceptors (Lipinski definition) is 3. The lowest BCUT2D eigenvalue weighted by atomic mass is 9.93. The summed E-state index contributed by atoms with van der Waals surface area (Å²) in [6, 6.07) is 6.14. The maximum Gasteiger partial charge on any atom is 0.257 e. The highest BCUT2D eigenvalue weighted by atomic mass is 16.2. The van der Waals surface area contributed by atoms with Crippen molar-refractivity contribution in [3.05, 3.63) is 47.5 Å². The molecule has 0 bridgehead atoms. The van der Waals surface area contributed by atoms with Crippen molar-refractivity contribution in [2.45, 2.75) is 25.7 Å². The van der Waals surface area contributed by atoms with Crippen LogP contribution in [0.1, 0.15) is 40.5 Å². The number of carbonyl (C=O) groups excluding carboxylic acids is 1. The summed E-state index contributed by atoms with van der Waals surface area (Å²) in [5, 5.41) is 4.18. The number of fused-ring (bicyclic) bond motifs is 1. The first kappa shape index (κ1) is 14.9. The van der Waals surface area contributed by atoms with E-state index in [1.165, 1.54) is 5.69 Å². The number of nitrogens with zero attached hydrogens (tertiary/aromatic N) is 4. The Morgan fingerprint density at radius 2 is 2.12 bits per heavy atom. The molecule has 1 fully saturated rings. The quantitative estimate of drug-likeness (QED) is 0.788. The molecule has 1 aliphatic heterocycles. The minimum atomic E-state index is 0.0948. The Hall–Kier alpha value is -2.63. The average Bonchev–Trinajstić information content (AvgIpc) is 3.19. The van der Waals surface area contributed by atoms with Crippen molar-refractivity contribution in [2.24, 2.45) is 7.05 Å². The summed E-state index contributed by atoms with van der Waals surface area (Å²) in [7, 11) is 1.86. The molecule has 4 rings (SSSR count). The van der Waals surface area contributed by atoms with E-state index in [1.807, 2.05) is 31.1 Å². The Morgan fingerprint density at radius 3 is 2.79 bits per heavy atom. The van der Waals surface area contributed by atoms with Crippen LogP contribution in [0.25, 0.3) is 11.0 Å².